The average Bonchev–Trinajstić information content (AvgIpc) is 2.57. The van der Waals surface area contributed by atoms with Crippen LogP contribution in [0.4, 0.5) is 10.1 Å². The van der Waals surface area contributed by atoms with Gasteiger partial charge in [-0.15, -0.1) is 0 Å². The molecule has 0 bridgehead atoms. The van der Waals surface area contributed by atoms with Crippen LogP contribution in [0.3, 0.4) is 0 Å². The van der Waals surface area contributed by atoms with E-state index in [1.807, 2.05) is 12.1 Å². The van der Waals surface area contributed by atoms with Crippen molar-refractivity contribution in [1.82, 2.24) is 4.90 Å². The van der Waals surface area contributed by atoms with Crippen LogP contribution in [0.2, 0.25) is 0 Å². The summed E-state index contributed by atoms with van der Waals surface area (Å²) in [5.41, 5.74) is 1.74. The Labute approximate surface area is 154 Å². The van der Waals surface area contributed by atoms with E-state index in [9.17, 15) is 14.0 Å². The molecule has 0 atom stereocenters. The van der Waals surface area contributed by atoms with E-state index in [0.717, 1.165) is 10.0 Å². The molecule has 1 N–H and O–H groups in total. The molecule has 0 fully saturated rings. The van der Waals surface area contributed by atoms with Crippen LogP contribution in [0.15, 0.2) is 53.0 Å². The predicted octanol–water partition coefficient (Wildman–Crippen LogP) is 4.22. The standard InChI is InChI=1S/C19H18BrFN2O2/c1-13(24)23(2)12-15-5-3-4-6-18(15)22-19(25)10-7-14-11-16(20)8-9-17(14)21/h3-11H,12H2,1-2H3,(H,22,25)/b10-7+. The zero-order chi connectivity index (χ0) is 18.4. The summed E-state index contributed by atoms with van der Waals surface area (Å²) < 4.78 is 14.4. The first-order valence-electron chi connectivity index (χ1n) is 7.60. The fraction of sp³-hybridized carbons (Fsp3) is 0.158. The summed E-state index contributed by atoms with van der Waals surface area (Å²) in [5, 5.41) is 2.76. The lowest BCUT2D eigenvalue weighted by Crippen LogP contribution is -2.24. The van der Waals surface area contributed by atoms with Gasteiger partial charge in [-0.3, -0.25) is 9.59 Å². The zero-order valence-electron chi connectivity index (χ0n) is 13.9. The summed E-state index contributed by atoms with van der Waals surface area (Å²) in [6.07, 6.45) is 2.69. The third kappa shape index (κ3) is 5.53. The molecule has 0 aromatic heterocycles. The number of nitrogens with zero attached hydrogens (tertiary/aromatic N) is 1. The number of halogens is 2. The zero-order valence-corrected chi connectivity index (χ0v) is 15.5. The quantitative estimate of drug-likeness (QED) is 0.758. The third-order valence-corrected chi connectivity index (χ3v) is 4.09. The second kappa shape index (κ2) is 8.58. The minimum Gasteiger partial charge on any atom is -0.342 e. The van der Waals surface area contributed by atoms with Gasteiger partial charge in [-0.25, -0.2) is 4.39 Å². The molecule has 2 aromatic rings. The molecule has 0 aliphatic heterocycles. The summed E-state index contributed by atoms with van der Waals surface area (Å²) in [5.74, 6) is -0.848. The van der Waals surface area contributed by atoms with Crippen LogP contribution in [-0.4, -0.2) is 23.8 Å². The average molecular weight is 405 g/mol. The Kier molecular flexibility index (Phi) is 6.47. The van der Waals surface area contributed by atoms with Gasteiger partial charge in [0.2, 0.25) is 11.8 Å². The number of hydrogen-bond acceptors (Lipinski definition) is 2. The summed E-state index contributed by atoms with van der Waals surface area (Å²) >= 11 is 3.27. The predicted molar refractivity (Wildman–Crippen MR) is 100 cm³/mol. The Morgan fingerprint density at radius 2 is 1.96 bits per heavy atom. The molecule has 25 heavy (non-hydrogen) atoms. The van der Waals surface area contributed by atoms with Gasteiger partial charge < -0.3 is 10.2 Å². The van der Waals surface area contributed by atoms with Gasteiger partial charge in [-0.1, -0.05) is 34.1 Å². The van der Waals surface area contributed by atoms with Crippen molar-refractivity contribution in [2.24, 2.45) is 0 Å². The number of hydrogen-bond donors (Lipinski definition) is 1. The van der Waals surface area contributed by atoms with Crippen LogP contribution in [0, 0.1) is 5.82 Å². The molecule has 0 heterocycles. The fourth-order valence-electron chi connectivity index (χ4n) is 2.13. The number of carbonyl (C=O) groups excluding carboxylic acids is 2. The molecule has 2 rings (SSSR count). The molecule has 2 aromatic carbocycles. The molecule has 4 nitrogen and oxygen atoms in total. The molecule has 0 aliphatic rings. The Bertz CT molecular complexity index is 821. The molecular weight excluding hydrogens is 387 g/mol. The monoisotopic (exact) mass is 404 g/mol. The second-order valence-electron chi connectivity index (χ2n) is 5.52. The van der Waals surface area contributed by atoms with E-state index in [1.165, 1.54) is 25.1 Å². The van der Waals surface area contributed by atoms with Gasteiger partial charge in [0.1, 0.15) is 5.82 Å². The van der Waals surface area contributed by atoms with E-state index >= 15 is 0 Å². The lowest BCUT2D eigenvalue weighted by atomic mass is 10.1. The minimum atomic E-state index is -0.407. The first-order chi connectivity index (χ1) is 11.9. The molecule has 6 heteroatoms. The van der Waals surface area contributed by atoms with E-state index < -0.39 is 5.82 Å². The maximum absolute atomic E-state index is 13.7. The van der Waals surface area contributed by atoms with Crippen molar-refractivity contribution in [2.45, 2.75) is 13.5 Å². The maximum Gasteiger partial charge on any atom is 0.248 e. The number of benzene rings is 2. The highest BCUT2D eigenvalue weighted by Gasteiger charge is 2.09. The number of anilines is 1. The Hall–Kier alpha value is -2.47. The SMILES string of the molecule is CC(=O)N(C)Cc1ccccc1NC(=O)/C=C/c1cc(Br)ccc1F. The molecule has 0 radical (unpaired) electrons. The number of carbonyl (C=O) groups is 2. The van der Waals surface area contributed by atoms with Crippen molar-refractivity contribution in [2.75, 3.05) is 12.4 Å². The minimum absolute atomic E-state index is 0.0637. The van der Waals surface area contributed by atoms with E-state index in [-0.39, 0.29) is 11.8 Å². The summed E-state index contributed by atoms with van der Waals surface area (Å²) in [7, 11) is 1.69. The van der Waals surface area contributed by atoms with Gasteiger partial charge in [0.05, 0.1) is 0 Å². The normalized spacial score (nSPS) is 10.7. The summed E-state index contributed by atoms with van der Waals surface area (Å²) in [6, 6.07) is 11.7. The second-order valence-corrected chi connectivity index (χ2v) is 6.44. The van der Waals surface area contributed by atoms with Crippen LogP contribution in [-0.2, 0) is 16.1 Å². The van der Waals surface area contributed by atoms with Crippen LogP contribution < -0.4 is 5.32 Å². The van der Waals surface area contributed by atoms with Crippen LogP contribution in [0.5, 0.6) is 0 Å². The van der Waals surface area contributed by atoms with E-state index in [2.05, 4.69) is 21.2 Å². The van der Waals surface area contributed by atoms with E-state index in [4.69, 9.17) is 0 Å². The smallest absolute Gasteiger partial charge is 0.248 e. The van der Waals surface area contributed by atoms with Crippen molar-refractivity contribution in [3.8, 4) is 0 Å². The lowest BCUT2D eigenvalue weighted by molar-refractivity contribution is -0.128. The van der Waals surface area contributed by atoms with Gasteiger partial charge in [0, 0.05) is 42.3 Å². The van der Waals surface area contributed by atoms with Gasteiger partial charge in [-0.05, 0) is 35.9 Å². The molecule has 0 spiro atoms. The maximum atomic E-state index is 13.7. The highest BCUT2D eigenvalue weighted by Crippen LogP contribution is 2.18. The molecule has 0 saturated carbocycles. The molecule has 0 saturated heterocycles. The Morgan fingerprint density at radius 1 is 1.24 bits per heavy atom. The largest absolute Gasteiger partial charge is 0.342 e. The van der Waals surface area contributed by atoms with Gasteiger partial charge in [0.25, 0.3) is 0 Å². The highest BCUT2D eigenvalue weighted by atomic mass is 79.9. The lowest BCUT2D eigenvalue weighted by Gasteiger charge is -2.17. The molecule has 0 unspecified atom stereocenters. The summed E-state index contributed by atoms with van der Waals surface area (Å²) in [6.45, 7) is 1.87. The van der Waals surface area contributed by atoms with Crippen LogP contribution >= 0.6 is 15.9 Å². The van der Waals surface area contributed by atoms with Gasteiger partial charge in [-0.2, -0.15) is 0 Å². The fourth-order valence-corrected chi connectivity index (χ4v) is 2.51. The molecule has 2 amide bonds. The van der Waals surface area contributed by atoms with Crippen LogP contribution in [0.1, 0.15) is 18.1 Å². The number of nitrogens with one attached hydrogen (secondary N) is 1. The Morgan fingerprint density at radius 3 is 2.68 bits per heavy atom. The third-order valence-electron chi connectivity index (χ3n) is 3.59. The molecule has 130 valence electrons. The van der Waals surface area contributed by atoms with Gasteiger partial charge >= 0.3 is 0 Å². The first-order valence-corrected chi connectivity index (χ1v) is 8.40. The molecular formula is C19H18BrFN2O2. The van der Waals surface area contributed by atoms with Crippen molar-refractivity contribution in [3.05, 3.63) is 70.0 Å². The van der Waals surface area contributed by atoms with Crippen molar-refractivity contribution in [1.29, 1.82) is 0 Å². The number of rotatable bonds is 5. The first kappa shape index (κ1) is 18.9. The molecule has 0 aliphatic carbocycles. The van der Waals surface area contributed by atoms with Crippen molar-refractivity contribution >= 4 is 39.5 Å². The van der Waals surface area contributed by atoms with Crippen molar-refractivity contribution in [3.63, 3.8) is 0 Å². The highest BCUT2D eigenvalue weighted by molar-refractivity contribution is 9.10. The van der Waals surface area contributed by atoms with Gasteiger partial charge in [0.15, 0.2) is 0 Å². The van der Waals surface area contributed by atoms with E-state index in [0.29, 0.717) is 17.8 Å². The van der Waals surface area contributed by atoms with Crippen molar-refractivity contribution < 1.29 is 14.0 Å². The topological polar surface area (TPSA) is 49.4 Å². The summed E-state index contributed by atoms with van der Waals surface area (Å²) in [4.78, 5) is 25.1. The number of amides is 2. The van der Waals surface area contributed by atoms with Crippen LogP contribution in [0.25, 0.3) is 6.08 Å². The Balaban J connectivity index is 2.11. The van der Waals surface area contributed by atoms with E-state index in [1.54, 1.807) is 36.2 Å². The number of para-hydroxylation sites is 1.